The summed E-state index contributed by atoms with van der Waals surface area (Å²) in [5.41, 5.74) is 5.19. The Kier molecular flexibility index (Phi) is 5.72. The highest BCUT2D eigenvalue weighted by Crippen LogP contribution is 2.42. The molecule has 8 nitrogen and oxygen atoms in total. The molecule has 0 saturated carbocycles. The molecule has 0 radical (unpaired) electrons. The smallest absolute Gasteiger partial charge is 0.253 e. The van der Waals surface area contributed by atoms with Crippen LogP contribution in [0.1, 0.15) is 29.3 Å². The van der Waals surface area contributed by atoms with Crippen LogP contribution in [0.15, 0.2) is 72.8 Å². The first-order chi connectivity index (χ1) is 18.2. The maximum atomic E-state index is 12.9. The van der Waals surface area contributed by atoms with Crippen molar-refractivity contribution >= 4 is 44.4 Å². The summed E-state index contributed by atoms with van der Waals surface area (Å²) in [6.45, 7) is 3.13. The fraction of sp³-hybridized carbons (Fsp3) is 0.310. The molecule has 3 heterocycles. The van der Waals surface area contributed by atoms with E-state index in [4.69, 9.17) is 0 Å². The van der Waals surface area contributed by atoms with Crippen molar-refractivity contribution in [3.63, 3.8) is 0 Å². The lowest BCUT2D eigenvalue weighted by molar-refractivity contribution is -0.119. The average Bonchev–Trinajstić information content (AvgIpc) is 2.89. The highest BCUT2D eigenvalue weighted by Gasteiger charge is 2.60. The number of hydrogen-bond donors (Lipinski definition) is 1. The highest BCUT2D eigenvalue weighted by molar-refractivity contribution is 7.94. The first kappa shape index (κ1) is 24.5. The number of rotatable bonds is 5. The molecule has 2 amide bonds. The molecule has 9 heteroatoms. The van der Waals surface area contributed by atoms with Crippen LogP contribution in [0, 0.1) is 0 Å². The van der Waals surface area contributed by atoms with Gasteiger partial charge in [-0.3, -0.25) is 9.59 Å². The summed E-state index contributed by atoms with van der Waals surface area (Å²) in [6, 6.07) is 23.0. The van der Waals surface area contributed by atoms with Crippen LogP contribution in [-0.2, 0) is 21.2 Å². The van der Waals surface area contributed by atoms with E-state index >= 15 is 0 Å². The lowest BCUT2D eigenvalue weighted by atomic mass is 9.93. The molecule has 0 aliphatic carbocycles. The number of nitrogens with one attached hydrogen (secondary N) is 1. The molecular formula is C29H30N4O4S. The van der Waals surface area contributed by atoms with Gasteiger partial charge < -0.3 is 20.0 Å². The van der Waals surface area contributed by atoms with Crippen LogP contribution in [0.4, 0.5) is 22.7 Å². The van der Waals surface area contributed by atoms with Crippen LogP contribution in [-0.4, -0.2) is 61.8 Å². The number of likely N-dealkylation sites (tertiary alicyclic amines) is 1. The van der Waals surface area contributed by atoms with Crippen molar-refractivity contribution in [2.45, 2.75) is 30.7 Å². The van der Waals surface area contributed by atoms with Crippen LogP contribution in [0.5, 0.6) is 0 Å². The normalized spacial score (nSPS) is 20.9. The lowest BCUT2D eigenvalue weighted by Crippen LogP contribution is -2.72. The van der Waals surface area contributed by atoms with Crippen LogP contribution in [0.25, 0.3) is 0 Å². The molecule has 3 aliphatic heterocycles. The number of likely N-dealkylation sites (N-methyl/N-ethyl adjacent to an activating group) is 1. The molecule has 38 heavy (non-hydrogen) atoms. The van der Waals surface area contributed by atoms with Gasteiger partial charge in [0.1, 0.15) is 10.8 Å². The minimum Gasteiger partial charge on any atom is -0.355 e. The Balaban J connectivity index is 1.19. The second kappa shape index (κ2) is 8.87. The summed E-state index contributed by atoms with van der Waals surface area (Å²) in [6.07, 6.45) is 0.647. The van der Waals surface area contributed by atoms with Gasteiger partial charge in [0, 0.05) is 43.6 Å². The molecule has 196 valence electrons. The third kappa shape index (κ3) is 3.93. The van der Waals surface area contributed by atoms with Crippen LogP contribution in [0.2, 0.25) is 0 Å². The zero-order valence-corrected chi connectivity index (χ0v) is 22.2. The van der Waals surface area contributed by atoms with E-state index in [1.54, 1.807) is 29.0 Å². The molecule has 1 spiro atoms. The molecule has 3 aliphatic rings. The number of anilines is 4. The predicted octanol–water partition coefficient (Wildman–Crippen LogP) is 3.81. The fourth-order valence-electron chi connectivity index (χ4n) is 5.61. The van der Waals surface area contributed by atoms with Crippen molar-refractivity contribution in [1.82, 2.24) is 4.90 Å². The summed E-state index contributed by atoms with van der Waals surface area (Å²) in [5, 5.41) is 3.41. The number of nitrogens with zero attached hydrogens (tertiary/aromatic N) is 3. The number of amides is 2. The van der Waals surface area contributed by atoms with Crippen molar-refractivity contribution in [3.8, 4) is 0 Å². The van der Waals surface area contributed by atoms with Crippen molar-refractivity contribution in [3.05, 3.63) is 83.9 Å². The number of carbonyl (C=O) groups is 2. The molecular weight excluding hydrogens is 500 g/mol. The Morgan fingerprint density at radius 3 is 2.29 bits per heavy atom. The summed E-state index contributed by atoms with van der Waals surface area (Å²) < 4.78 is 23.4. The van der Waals surface area contributed by atoms with E-state index in [0.29, 0.717) is 18.5 Å². The van der Waals surface area contributed by atoms with Gasteiger partial charge >= 0.3 is 0 Å². The molecule has 1 N–H and O–H groups in total. The monoisotopic (exact) mass is 530 g/mol. The van der Waals surface area contributed by atoms with Gasteiger partial charge in [-0.15, -0.1) is 0 Å². The van der Waals surface area contributed by atoms with Gasteiger partial charge in [-0.05, 0) is 61.4 Å². The minimum atomic E-state index is -3.04. The molecule has 0 bridgehead atoms. The van der Waals surface area contributed by atoms with Gasteiger partial charge in [-0.1, -0.05) is 30.3 Å². The van der Waals surface area contributed by atoms with Gasteiger partial charge in [-0.25, -0.2) is 8.42 Å². The van der Waals surface area contributed by atoms with Gasteiger partial charge in [-0.2, -0.15) is 0 Å². The maximum Gasteiger partial charge on any atom is 0.253 e. The largest absolute Gasteiger partial charge is 0.355 e. The van der Waals surface area contributed by atoms with Gasteiger partial charge in [0.05, 0.1) is 17.1 Å². The van der Waals surface area contributed by atoms with E-state index in [9.17, 15) is 18.0 Å². The van der Waals surface area contributed by atoms with Gasteiger partial charge in [0.25, 0.3) is 5.91 Å². The third-order valence-electron chi connectivity index (χ3n) is 8.15. The van der Waals surface area contributed by atoms with Crippen molar-refractivity contribution < 1.29 is 18.0 Å². The lowest BCUT2D eigenvalue weighted by Gasteiger charge is -2.54. The van der Waals surface area contributed by atoms with E-state index in [-0.39, 0.29) is 36.7 Å². The Hall–Kier alpha value is -3.85. The first-order valence-corrected chi connectivity index (χ1v) is 14.4. The van der Waals surface area contributed by atoms with E-state index < -0.39 is 14.6 Å². The summed E-state index contributed by atoms with van der Waals surface area (Å²) >= 11 is 0. The van der Waals surface area contributed by atoms with E-state index in [1.807, 2.05) is 49.4 Å². The molecule has 6 rings (SSSR count). The van der Waals surface area contributed by atoms with E-state index in [1.165, 1.54) is 0 Å². The maximum absolute atomic E-state index is 12.9. The van der Waals surface area contributed by atoms with E-state index in [0.717, 1.165) is 28.3 Å². The molecule has 0 aromatic heterocycles. The molecule has 1 atom stereocenters. The number of benzene rings is 3. The first-order valence-electron chi connectivity index (χ1n) is 12.8. The topological polar surface area (TPSA) is 90.0 Å². The zero-order valence-electron chi connectivity index (χ0n) is 21.4. The average molecular weight is 531 g/mol. The highest BCUT2D eigenvalue weighted by atomic mass is 32.2. The molecule has 1 unspecified atom stereocenters. The standard InChI is InChI=1S/C29H30N4O4S/c1-20-27(34)31(2)25-13-12-24(16-26(25)33(20)17-21-6-4-3-5-7-21)30-23-10-8-22(9-11-23)28(35)32-18-29(19-32)14-15-38(29,36)37/h3-13,16,20,30H,14-15,17-19H2,1-2H3. The minimum absolute atomic E-state index is 0.0532. The third-order valence-corrected chi connectivity index (χ3v) is 10.7. The second-order valence-corrected chi connectivity index (χ2v) is 13.0. The van der Waals surface area contributed by atoms with Crippen LogP contribution < -0.4 is 15.1 Å². The predicted molar refractivity (Wildman–Crippen MR) is 149 cm³/mol. The number of fused-ring (bicyclic) bond motifs is 1. The Labute approximate surface area is 222 Å². The van der Waals surface area contributed by atoms with Crippen LogP contribution in [0.3, 0.4) is 0 Å². The van der Waals surface area contributed by atoms with Gasteiger partial charge in [0.2, 0.25) is 5.91 Å². The van der Waals surface area contributed by atoms with Gasteiger partial charge in [0.15, 0.2) is 9.84 Å². The second-order valence-electron chi connectivity index (χ2n) is 10.5. The summed E-state index contributed by atoms with van der Waals surface area (Å²) in [5.74, 6) is 0.141. The van der Waals surface area contributed by atoms with Crippen molar-refractivity contribution in [2.24, 2.45) is 0 Å². The summed E-state index contributed by atoms with van der Waals surface area (Å²) in [4.78, 5) is 31.2. The SMILES string of the molecule is CC1C(=O)N(C)c2ccc(Nc3ccc(C(=O)N4CC5(CCS5(=O)=O)C4)cc3)cc2N1Cc1ccccc1. The quantitative estimate of drug-likeness (QED) is 0.540. The fourth-order valence-corrected chi connectivity index (χ4v) is 7.43. The molecule has 2 saturated heterocycles. The molecule has 3 aromatic rings. The van der Waals surface area contributed by atoms with E-state index in [2.05, 4.69) is 28.4 Å². The molecule has 3 aromatic carbocycles. The summed E-state index contributed by atoms with van der Waals surface area (Å²) in [7, 11) is -1.24. The number of sulfone groups is 1. The Morgan fingerprint density at radius 1 is 0.974 bits per heavy atom. The number of carbonyl (C=O) groups excluding carboxylic acids is 2. The van der Waals surface area contributed by atoms with Crippen molar-refractivity contribution in [2.75, 3.05) is 41.0 Å². The zero-order chi connectivity index (χ0) is 26.7. The van der Waals surface area contributed by atoms with Crippen LogP contribution >= 0.6 is 0 Å². The Bertz CT molecular complexity index is 1520. The molecule has 2 fully saturated rings. The number of hydrogen-bond acceptors (Lipinski definition) is 6. The van der Waals surface area contributed by atoms with Crippen molar-refractivity contribution in [1.29, 1.82) is 0 Å². The Morgan fingerprint density at radius 2 is 1.66 bits per heavy atom.